The molecule has 0 amide bonds. The molecule has 0 radical (unpaired) electrons. The summed E-state index contributed by atoms with van der Waals surface area (Å²) in [4.78, 5) is 45.5. The number of unbranched alkanes of at least 4 members (excludes halogenated alkanes) is 1. The molecule has 0 aromatic heterocycles. The van der Waals surface area contributed by atoms with Crippen molar-refractivity contribution in [2.75, 3.05) is 0 Å². The molecule has 23 heavy (non-hydrogen) atoms. The van der Waals surface area contributed by atoms with Gasteiger partial charge < -0.3 is 24.0 Å². The van der Waals surface area contributed by atoms with Crippen LogP contribution in [0.15, 0.2) is 0 Å². The molecule has 0 N–H and O–H groups in total. The second kappa shape index (κ2) is 80.9. The molecule has 0 aromatic rings. The molecule has 0 aliphatic heterocycles. The first kappa shape index (κ1) is 43.4. The molecule has 0 saturated carbocycles. The normalized spacial score (nSPS) is 5.96. The Bertz CT molecular complexity index is 169. The Hall–Kier alpha value is -0.221. The van der Waals surface area contributed by atoms with Crippen LogP contribution in [0.5, 0.6) is 0 Å². The molecular formula is C16H27O5Ti2-5. The Morgan fingerprint density at radius 3 is 0.652 bits per heavy atom. The van der Waals surface area contributed by atoms with E-state index >= 15 is 0 Å². The molecular weight excluding hydrogens is 368 g/mol. The van der Waals surface area contributed by atoms with Crippen molar-refractivity contribution in [1.29, 1.82) is 0 Å². The van der Waals surface area contributed by atoms with E-state index in [9.17, 15) is 4.79 Å². The standard InChI is InChI=1S/C4H7O.4C3H5O.2Ti/c1-2-3-4-5;4*1-2-3-4;;/h2-3H2,1H3;4*2H2,1H3;;/q5*-1;;. The molecule has 7 heteroatoms. The summed E-state index contributed by atoms with van der Waals surface area (Å²) in [6.07, 6.45) is 12.0. The van der Waals surface area contributed by atoms with Crippen LogP contribution in [-0.2, 0) is 67.4 Å². The third kappa shape index (κ3) is 255. The molecule has 0 bridgehead atoms. The van der Waals surface area contributed by atoms with Crippen LogP contribution >= 0.6 is 0 Å². The van der Waals surface area contributed by atoms with E-state index in [4.69, 9.17) is 19.2 Å². The summed E-state index contributed by atoms with van der Waals surface area (Å²) in [5.41, 5.74) is 0. The monoisotopic (exact) mass is 395 g/mol. The molecule has 0 heterocycles. The van der Waals surface area contributed by atoms with Crippen LogP contribution < -0.4 is 0 Å². The topological polar surface area (TPSA) is 85.3 Å². The SMILES string of the molecule is CCC[C-]=O.CC[C-]=O.CC[C-]=O.CC[C-]=O.CC[C-]=O.[Ti].[Ti]. The zero-order valence-corrected chi connectivity index (χ0v) is 17.9. The first-order chi connectivity index (χ1) is 10.1. The fourth-order valence-corrected chi connectivity index (χ4v) is 0.102. The van der Waals surface area contributed by atoms with E-state index in [1.54, 1.807) is 59.1 Å². The molecule has 0 unspecified atom stereocenters. The molecule has 5 nitrogen and oxygen atoms in total. The van der Waals surface area contributed by atoms with Gasteiger partial charge in [0.05, 0.1) is 0 Å². The number of hydrogen-bond donors (Lipinski definition) is 0. The van der Waals surface area contributed by atoms with Gasteiger partial charge in [-0.15, -0.1) is 0 Å². The average molecular weight is 395 g/mol. The third-order valence-corrected chi connectivity index (χ3v) is 0.929. The summed E-state index contributed by atoms with van der Waals surface area (Å²) in [7, 11) is 0. The van der Waals surface area contributed by atoms with Crippen LogP contribution in [0.2, 0.25) is 0 Å². The smallest absolute Gasteiger partial charge is 0 e. The summed E-state index contributed by atoms with van der Waals surface area (Å²) in [6.45, 7) is 8.98. The summed E-state index contributed by atoms with van der Waals surface area (Å²) in [5, 5.41) is 0. The van der Waals surface area contributed by atoms with Crippen LogP contribution in [-0.4, -0.2) is 31.4 Å². The number of carbonyl (C=O) groups excluding carboxylic acids is 5. The third-order valence-electron chi connectivity index (χ3n) is 0.929. The minimum atomic E-state index is 0. The minimum absolute atomic E-state index is 0. The Labute approximate surface area is 171 Å². The maximum Gasteiger partial charge on any atom is 0 e. The van der Waals surface area contributed by atoms with Gasteiger partial charge in [-0.3, -0.25) is 31.4 Å². The fraction of sp³-hybridized carbons (Fsp3) is 0.688. The largest absolute Gasteiger partial charge is 0.542 e. The molecule has 0 saturated heterocycles. The van der Waals surface area contributed by atoms with Crippen molar-refractivity contribution < 1.29 is 67.4 Å². The van der Waals surface area contributed by atoms with E-state index in [0.29, 0.717) is 32.1 Å². The maximum absolute atomic E-state index is 9.28. The quantitative estimate of drug-likeness (QED) is 0.510. The molecule has 0 atom stereocenters. The van der Waals surface area contributed by atoms with Gasteiger partial charge >= 0.3 is 0 Å². The van der Waals surface area contributed by atoms with E-state index in [1.807, 2.05) is 6.92 Å². The van der Waals surface area contributed by atoms with Crippen LogP contribution in [0.1, 0.15) is 73.1 Å². The van der Waals surface area contributed by atoms with E-state index in [2.05, 4.69) is 0 Å². The Morgan fingerprint density at radius 2 is 0.652 bits per heavy atom. The zero-order valence-electron chi connectivity index (χ0n) is 14.8. The van der Waals surface area contributed by atoms with Gasteiger partial charge in [0.2, 0.25) is 0 Å². The molecule has 0 fully saturated rings. The van der Waals surface area contributed by atoms with Crippen molar-refractivity contribution in [3.63, 3.8) is 0 Å². The molecule has 0 aromatic carbocycles. The van der Waals surface area contributed by atoms with Crippen LogP contribution in [0.3, 0.4) is 0 Å². The van der Waals surface area contributed by atoms with E-state index in [0.717, 1.165) is 6.42 Å². The summed E-state index contributed by atoms with van der Waals surface area (Å²) in [5.74, 6) is 0. The van der Waals surface area contributed by atoms with Crippen LogP contribution in [0.25, 0.3) is 0 Å². The summed E-state index contributed by atoms with van der Waals surface area (Å²) >= 11 is 0. The van der Waals surface area contributed by atoms with E-state index < -0.39 is 0 Å². The van der Waals surface area contributed by atoms with Crippen molar-refractivity contribution in [2.24, 2.45) is 0 Å². The van der Waals surface area contributed by atoms with Gasteiger partial charge in [-0.25, -0.2) is 0 Å². The average Bonchev–Trinajstić information content (AvgIpc) is 2.56. The summed E-state index contributed by atoms with van der Waals surface area (Å²) < 4.78 is 0. The first-order valence-corrected chi connectivity index (χ1v) is 6.82. The van der Waals surface area contributed by atoms with Gasteiger partial charge in [0, 0.05) is 43.4 Å². The van der Waals surface area contributed by atoms with Crippen LogP contribution in [0.4, 0.5) is 0 Å². The molecule has 0 rings (SSSR count). The Balaban J connectivity index is -0.0000000273. The van der Waals surface area contributed by atoms with Crippen molar-refractivity contribution in [2.45, 2.75) is 73.1 Å². The minimum Gasteiger partial charge on any atom is -0.542 e. The van der Waals surface area contributed by atoms with E-state index in [1.165, 1.54) is 0 Å². The predicted molar refractivity (Wildman–Crippen MR) is 84.5 cm³/mol. The predicted octanol–water partition coefficient (Wildman–Crippen LogP) is 2.92. The van der Waals surface area contributed by atoms with Crippen molar-refractivity contribution in [3.8, 4) is 0 Å². The van der Waals surface area contributed by atoms with Crippen molar-refractivity contribution in [3.05, 3.63) is 0 Å². The molecule has 0 aliphatic carbocycles. The summed E-state index contributed by atoms with van der Waals surface area (Å²) in [6, 6.07) is 0. The molecule has 134 valence electrons. The van der Waals surface area contributed by atoms with Crippen molar-refractivity contribution in [1.82, 2.24) is 0 Å². The fourth-order valence-electron chi connectivity index (χ4n) is 0.102. The van der Waals surface area contributed by atoms with Gasteiger partial charge in [-0.1, -0.05) is 41.0 Å². The molecule has 0 aliphatic rings. The first-order valence-electron chi connectivity index (χ1n) is 6.82. The van der Waals surface area contributed by atoms with Gasteiger partial charge in [-0.05, 0) is 0 Å². The zero-order chi connectivity index (χ0) is 17.8. The van der Waals surface area contributed by atoms with Gasteiger partial charge in [-0.2, -0.15) is 32.1 Å². The second-order valence-electron chi connectivity index (χ2n) is 2.89. The van der Waals surface area contributed by atoms with Crippen molar-refractivity contribution >= 4 is 31.4 Å². The van der Waals surface area contributed by atoms with E-state index in [-0.39, 0.29) is 43.4 Å². The Kier molecular flexibility index (Phi) is 153. The second-order valence-corrected chi connectivity index (χ2v) is 2.89. The van der Waals surface area contributed by atoms with Crippen LogP contribution in [0, 0.1) is 0 Å². The number of hydrogen-bond acceptors (Lipinski definition) is 5. The van der Waals surface area contributed by atoms with Gasteiger partial charge in [0.25, 0.3) is 0 Å². The maximum atomic E-state index is 9.28. The van der Waals surface area contributed by atoms with Gasteiger partial charge in [0.1, 0.15) is 0 Å². The Morgan fingerprint density at radius 1 is 0.478 bits per heavy atom. The van der Waals surface area contributed by atoms with Gasteiger partial charge in [0.15, 0.2) is 0 Å². The molecule has 0 spiro atoms. The number of rotatable bonds is 6.